The largest absolute Gasteiger partial charge is 0.320 e. The molecule has 1 aromatic rings. The summed E-state index contributed by atoms with van der Waals surface area (Å²) in [5.74, 6) is 5.55. The summed E-state index contributed by atoms with van der Waals surface area (Å²) in [4.78, 5) is 0.226. The van der Waals surface area contributed by atoms with Crippen molar-refractivity contribution in [3.8, 4) is 11.8 Å². The maximum absolute atomic E-state index is 12.4. The fourth-order valence-corrected chi connectivity index (χ4v) is 3.17. The van der Waals surface area contributed by atoms with Gasteiger partial charge in [-0.05, 0) is 31.0 Å². The molecule has 0 unspecified atom stereocenters. The third kappa shape index (κ3) is 5.88. The quantitative estimate of drug-likeness (QED) is 0.599. The smallest absolute Gasteiger partial charge is 0.241 e. The van der Waals surface area contributed by atoms with E-state index in [0.717, 1.165) is 31.2 Å². The maximum Gasteiger partial charge on any atom is 0.241 e. The Labute approximate surface area is 128 Å². The van der Waals surface area contributed by atoms with Gasteiger partial charge in [0, 0.05) is 12.1 Å². The molecule has 1 rings (SSSR count). The first-order valence-electron chi connectivity index (χ1n) is 7.30. The van der Waals surface area contributed by atoms with Gasteiger partial charge in [0.1, 0.15) is 0 Å². The summed E-state index contributed by atoms with van der Waals surface area (Å²) in [6.07, 6.45) is 4.14. The molecule has 0 bridgehead atoms. The van der Waals surface area contributed by atoms with Crippen molar-refractivity contribution in [2.24, 2.45) is 5.73 Å². The molecule has 0 saturated heterocycles. The summed E-state index contributed by atoms with van der Waals surface area (Å²) in [5, 5.41) is 0. The molecule has 0 saturated carbocycles. The average molecular weight is 308 g/mol. The molecule has 0 aliphatic rings. The molecule has 0 aromatic heterocycles. The van der Waals surface area contributed by atoms with Gasteiger partial charge in [-0.25, -0.2) is 13.1 Å². The molecule has 0 atom stereocenters. The second kappa shape index (κ2) is 8.83. The van der Waals surface area contributed by atoms with E-state index in [1.54, 1.807) is 18.2 Å². The first-order chi connectivity index (χ1) is 10.0. The predicted molar refractivity (Wildman–Crippen MR) is 86.4 cm³/mol. The molecule has 0 fully saturated rings. The number of nitrogens with two attached hydrogens (primary N) is 1. The number of nitrogens with one attached hydrogen (secondary N) is 1. The lowest BCUT2D eigenvalue weighted by Crippen LogP contribution is -2.25. The third-order valence-corrected chi connectivity index (χ3v) is 4.59. The maximum atomic E-state index is 12.4. The summed E-state index contributed by atoms with van der Waals surface area (Å²) < 4.78 is 27.3. The minimum atomic E-state index is -3.52. The molecule has 116 valence electrons. The van der Waals surface area contributed by atoms with Crippen LogP contribution < -0.4 is 10.5 Å². The van der Waals surface area contributed by atoms with Gasteiger partial charge in [0.2, 0.25) is 10.0 Å². The predicted octanol–water partition coefficient (Wildman–Crippen LogP) is 2.16. The number of benzene rings is 1. The number of aryl methyl sites for hydroxylation is 1. The van der Waals surface area contributed by atoms with E-state index in [9.17, 15) is 8.42 Å². The lowest BCUT2D eigenvalue weighted by Gasteiger charge is -2.09. The van der Waals surface area contributed by atoms with Crippen molar-refractivity contribution in [3.05, 3.63) is 29.3 Å². The molecule has 21 heavy (non-hydrogen) atoms. The summed E-state index contributed by atoms with van der Waals surface area (Å²) in [7, 11) is -3.52. The Kier molecular flexibility index (Phi) is 7.44. The van der Waals surface area contributed by atoms with Crippen LogP contribution in [0.3, 0.4) is 0 Å². The van der Waals surface area contributed by atoms with Gasteiger partial charge in [-0.15, -0.1) is 0 Å². The minimum absolute atomic E-state index is 0.206. The van der Waals surface area contributed by atoms with Crippen LogP contribution in [0.5, 0.6) is 0 Å². The molecule has 4 nitrogen and oxygen atoms in total. The van der Waals surface area contributed by atoms with E-state index in [1.165, 1.54) is 0 Å². The van der Waals surface area contributed by atoms with E-state index in [0.29, 0.717) is 12.1 Å². The fourth-order valence-electron chi connectivity index (χ4n) is 1.96. The molecule has 0 aliphatic heterocycles. The number of unbranched alkanes of at least 4 members (excludes halogenated alkanes) is 3. The van der Waals surface area contributed by atoms with Gasteiger partial charge >= 0.3 is 0 Å². The van der Waals surface area contributed by atoms with Gasteiger partial charge in [0.15, 0.2) is 0 Å². The Hall–Kier alpha value is -1.35. The molecular weight excluding hydrogens is 284 g/mol. The Bertz CT molecular complexity index is 613. The Balaban J connectivity index is 2.87. The van der Waals surface area contributed by atoms with Crippen molar-refractivity contribution >= 4 is 10.0 Å². The molecule has 1 aromatic carbocycles. The van der Waals surface area contributed by atoms with Crippen LogP contribution in [0.1, 0.15) is 43.7 Å². The van der Waals surface area contributed by atoms with Crippen LogP contribution >= 0.6 is 0 Å². The lowest BCUT2D eigenvalue weighted by atomic mass is 10.1. The summed E-state index contributed by atoms with van der Waals surface area (Å²) in [6, 6.07) is 5.15. The van der Waals surface area contributed by atoms with Crippen molar-refractivity contribution < 1.29 is 8.42 Å². The molecule has 0 aliphatic carbocycles. The van der Waals surface area contributed by atoms with Crippen molar-refractivity contribution in [3.63, 3.8) is 0 Å². The zero-order valence-electron chi connectivity index (χ0n) is 12.8. The standard InChI is InChI=1S/C16H24N2O2S/c1-3-4-5-6-12-18-21(19,20)16-10-9-14(2)13-15(16)8-7-11-17/h9-10,13,18H,3-6,11-12,17H2,1-2H3. The Morgan fingerprint density at radius 1 is 1.24 bits per heavy atom. The van der Waals surface area contributed by atoms with Crippen LogP contribution in [0.4, 0.5) is 0 Å². The third-order valence-electron chi connectivity index (χ3n) is 3.07. The van der Waals surface area contributed by atoms with Crippen LogP contribution in [0.2, 0.25) is 0 Å². The molecule has 0 spiro atoms. The first kappa shape index (κ1) is 17.7. The Morgan fingerprint density at radius 3 is 2.67 bits per heavy atom. The van der Waals surface area contributed by atoms with Crippen molar-refractivity contribution in [1.82, 2.24) is 4.72 Å². The second-order valence-corrected chi connectivity index (χ2v) is 6.70. The monoisotopic (exact) mass is 308 g/mol. The van der Waals surface area contributed by atoms with Crippen molar-refractivity contribution in [2.45, 2.75) is 44.4 Å². The van der Waals surface area contributed by atoms with E-state index in [4.69, 9.17) is 5.73 Å². The topological polar surface area (TPSA) is 72.2 Å². The highest BCUT2D eigenvalue weighted by molar-refractivity contribution is 7.89. The van der Waals surface area contributed by atoms with Gasteiger partial charge < -0.3 is 5.73 Å². The normalized spacial score (nSPS) is 11.0. The van der Waals surface area contributed by atoms with Crippen LogP contribution in [0.25, 0.3) is 0 Å². The molecule has 0 radical (unpaired) electrons. The number of hydrogen-bond acceptors (Lipinski definition) is 3. The van der Waals surface area contributed by atoms with Gasteiger partial charge in [-0.1, -0.05) is 44.1 Å². The van der Waals surface area contributed by atoms with Gasteiger partial charge in [-0.2, -0.15) is 0 Å². The lowest BCUT2D eigenvalue weighted by molar-refractivity contribution is 0.573. The number of rotatable bonds is 7. The van der Waals surface area contributed by atoms with Gasteiger partial charge in [0.25, 0.3) is 0 Å². The summed E-state index contributed by atoms with van der Waals surface area (Å²) in [5.41, 5.74) is 6.83. The fraction of sp³-hybridized carbons (Fsp3) is 0.500. The first-order valence-corrected chi connectivity index (χ1v) is 8.79. The Morgan fingerprint density at radius 2 is 2.00 bits per heavy atom. The highest BCUT2D eigenvalue weighted by Crippen LogP contribution is 2.16. The average Bonchev–Trinajstić information content (AvgIpc) is 2.44. The van der Waals surface area contributed by atoms with Crippen LogP contribution in [-0.2, 0) is 10.0 Å². The van der Waals surface area contributed by atoms with E-state index >= 15 is 0 Å². The van der Waals surface area contributed by atoms with E-state index in [2.05, 4.69) is 23.5 Å². The van der Waals surface area contributed by atoms with E-state index in [-0.39, 0.29) is 11.4 Å². The van der Waals surface area contributed by atoms with E-state index in [1.807, 2.05) is 6.92 Å². The van der Waals surface area contributed by atoms with Crippen molar-refractivity contribution in [1.29, 1.82) is 0 Å². The molecule has 5 heteroatoms. The number of sulfonamides is 1. The van der Waals surface area contributed by atoms with Gasteiger partial charge in [-0.3, -0.25) is 0 Å². The summed E-state index contributed by atoms with van der Waals surface area (Å²) in [6.45, 7) is 4.69. The van der Waals surface area contributed by atoms with Crippen LogP contribution in [0.15, 0.2) is 23.1 Å². The molecular formula is C16H24N2O2S. The highest BCUT2D eigenvalue weighted by atomic mass is 32.2. The van der Waals surface area contributed by atoms with Gasteiger partial charge in [0.05, 0.1) is 11.4 Å². The minimum Gasteiger partial charge on any atom is -0.320 e. The SMILES string of the molecule is CCCCCCNS(=O)(=O)c1ccc(C)cc1C#CCN. The highest BCUT2D eigenvalue weighted by Gasteiger charge is 2.17. The zero-order valence-corrected chi connectivity index (χ0v) is 13.6. The molecule has 3 N–H and O–H groups in total. The second-order valence-electron chi connectivity index (χ2n) is 4.96. The van der Waals surface area contributed by atoms with Crippen LogP contribution in [-0.4, -0.2) is 21.5 Å². The molecule has 0 heterocycles. The number of hydrogen-bond donors (Lipinski definition) is 2. The molecule has 0 amide bonds. The van der Waals surface area contributed by atoms with E-state index < -0.39 is 10.0 Å². The summed E-state index contributed by atoms with van der Waals surface area (Å²) >= 11 is 0. The van der Waals surface area contributed by atoms with Crippen LogP contribution in [0, 0.1) is 18.8 Å². The van der Waals surface area contributed by atoms with Crippen molar-refractivity contribution in [2.75, 3.05) is 13.1 Å². The zero-order chi connectivity index (χ0) is 15.7.